The number of hydrogen-bond donors (Lipinski definition) is 0. The minimum atomic E-state index is -1.18. The number of aromatic nitrogens is 1. The van der Waals surface area contributed by atoms with E-state index in [1.165, 1.54) is 4.57 Å². The SMILES string of the molecule is [2H]c1cc([2H])c([2H])c(-c2cc(C(C)(C)C)cc(-c3c([2H])c([2H])c([2H])c([2H])c3[2H])c2N2c3cc(-c4cc(C(C)(C)C)cc(C(C)(C)C)c4)ccc3C3c4ccc(-n5c6c([2H])c([2H])c([2H])c([2H])c6c6c([2H])c([2H])c([2H])c([2H])c65)cc4N(c4c(-c5c([2H])c([2H])c([2H])c([2H])c5[2H])cc(C(C)(C)C)cc4-c4c([2H])c([2H])c([2H])c([2H])c4[2H])c4cc(C5c6ccccc6Cc6ccccc65)cc2c43)c1[2H]. The zero-order chi connectivity index (χ0) is 96.2. The van der Waals surface area contributed by atoms with E-state index in [9.17, 15) is 37.0 Å². The highest BCUT2D eigenvalue weighted by molar-refractivity contribution is 6.11. The van der Waals surface area contributed by atoms with E-state index < -0.39 is 208 Å². The Kier molecular flexibility index (Phi) is 10.2. The highest BCUT2D eigenvalue weighted by atomic mass is 15.2. The first-order valence-corrected chi connectivity index (χ1v) is 35.9. The molecule has 106 heavy (non-hydrogen) atoms. The number of benzene rings is 14. The summed E-state index contributed by atoms with van der Waals surface area (Å²) in [5.74, 6) is -2.01. The molecule has 18 rings (SSSR count). The molecule has 3 heterocycles. The molecule has 1 aromatic heterocycles. The second-order valence-corrected chi connectivity index (χ2v) is 32.1. The molecule has 3 nitrogen and oxygen atoms in total. The van der Waals surface area contributed by atoms with Gasteiger partial charge in [-0.2, -0.15) is 0 Å². The maximum atomic E-state index is 10.3. The standard InChI is InChI=1S/C103H91N3/c1-100(2,3)74-54-72(55-75(59-74)101(4,5)6)69-49-51-83-91(56-69)105(98-85(65-33-17-13-18-34-65)60-76(102(7,8)9)61-86(98)66-35-19-14-20-36-66)93-57-73(95-79-43-27-25-41-70(79)53-71-42-26-28-44-80(71)95)58-94-97(93)96(83)84-52-50-78(104-89-47-31-29-45-81(89)82-46-30-32-48-90(82)104)64-92(84)106(94)99-87(67-37-21-15-22-38-67)62-77(103(10,11)12)63-88(99)68-39-23-16-24-40-68/h13-52,54-64,95-96H,53H2,1-12H3/i13D,15D,16D,17D,18D,19D,20D,21D,22D,23D,24D,29D,30D,31D,32D,33D,34D,35D,36D,37D,38D,39D,40D,45D,46D,47D,48D. The Hall–Kier alpha value is -11.5. The predicted octanol–water partition coefficient (Wildman–Crippen LogP) is 28.1. The summed E-state index contributed by atoms with van der Waals surface area (Å²) in [6.45, 7) is 24.0. The Morgan fingerprint density at radius 1 is 0.302 bits per heavy atom. The number of nitrogens with zero attached hydrogens (tertiary/aromatic N) is 3. The number of para-hydroxylation sites is 2. The molecule has 1 unspecified atom stereocenters. The van der Waals surface area contributed by atoms with Crippen molar-refractivity contribution in [2.75, 3.05) is 9.80 Å². The van der Waals surface area contributed by atoms with Crippen LogP contribution < -0.4 is 9.80 Å². The van der Waals surface area contributed by atoms with Gasteiger partial charge in [-0.1, -0.05) is 325 Å². The molecule has 14 aromatic carbocycles. The summed E-state index contributed by atoms with van der Waals surface area (Å²) >= 11 is 0. The average Bonchev–Trinajstić information content (AvgIpc) is 1.35. The van der Waals surface area contributed by atoms with Gasteiger partial charge in [-0.3, -0.25) is 0 Å². The quantitative estimate of drug-likeness (QED) is 0.143. The zero-order valence-electron chi connectivity index (χ0n) is 88.1. The molecular weight excluding hydrogens is 1280 g/mol. The lowest BCUT2D eigenvalue weighted by molar-refractivity contribution is 0.569. The van der Waals surface area contributed by atoms with Gasteiger partial charge in [0.25, 0.3) is 0 Å². The van der Waals surface area contributed by atoms with Crippen LogP contribution in [0.1, 0.15) is 199 Å². The fourth-order valence-corrected chi connectivity index (χ4v) is 15.9. The van der Waals surface area contributed by atoms with Gasteiger partial charge in [-0.05, 0) is 189 Å². The summed E-state index contributed by atoms with van der Waals surface area (Å²) < 4.78 is 265. The molecule has 3 aliphatic rings. The topological polar surface area (TPSA) is 11.4 Å². The number of rotatable bonds is 9. The molecule has 0 saturated heterocycles. The number of fused-ring (bicyclic) bond motifs is 9. The van der Waals surface area contributed by atoms with Crippen molar-refractivity contribution in [2.45, 2.75) is 123 Å². The molecular formula is C103H91N3. The van der Waals surface area contributed by atoms with E-state index in [1.54, 1.807) is 47.4 Å². The first kappa shape index (κ1) is 43.1. The second-order valence-electron chi connectivity index (χ2n) is 32.1. The molecule has 1 aliphatic carbocycles. The van der Waals surface area contributed by atoms with E-state index in [4.69, 9.17) is 0 Å². The lowest BCUT2D eigenvalue weighted by atomic mass is 9.71. The number of hydrogen-bond acceptors (Lipinski definition) is 2. The molecule has 0 N–H and O–H groups in total. The van der Waals surface area contributed by atoms with Gasteiger partial charge in [-0.15, -0.1) is 0 Å². The zero-order valence-corrected chi connectivity index (χ0v) is 61.1. The fraction of sp³-hybridized carbons (Fsp3) is 0.184. The Balaban J connectivity index is 1.16. The first-order valence-electron chi connectivity index (χ1n) is 49.4. The fourth-order valence-electron chi connectivity index (χ4n) is 15.9. The van der Waals surface area contributed by atoms with E-state index in [0.717, 1.165) is 45.0 Å². The van der Waals surface area contributed by atoms with Crippen molar-refractivity contribution in [3.05, 3.63) is 375 Å². The molecule has 0 spiro atoms. The van der Waals surface area contributed by atoms with Gasteiger partial charge in [0.1, 0.15) is 0 Å². The van der Waals surface area contributed by atoms with E-state index in [0.29, 0.717) is 51.1 Å². The van der Waals surface area contributed by atoms with Crippen molar-refractivity contribution in [1.29, 1.82) is 0 Å². The van der Waals surface area contributed by atoms with E-state index >= 15 is 0 Å². The van der Waals surface area contributed by atoms with Gasteiger partial charge >= 0.3 is 0 Å². The number of anilines is 6. The molecule has 3 heteroatoms. The Morgan fingerprint density at radius 2 is 0.689 bits per heavy atom. The monoisotopic (exact) mass is 1400 g/mol. The van der Waals surface area contributed by atoms with Crippen LogP contribution >= 0.6 is 0 Å². The third-order valence-corrected chi connectivity index (χ3v) is 21.3. The molecule has 1 atom stereocenters. The summed E-state index contributed by atoms with van der Waals surface area (Å²) in [5.41, 5.74) is 4.56. The van der Waals surface area contributed by atoms with Crippen LogP contribution in [0, 0.1) is 0 Å². The molecule has 0 radical (unpaired) electrons. The van der Waals surface area contributed by atoms with E-state index in [-0.39, 0.29) is 89.3 Å². The van der Waals surface area contributed by atoms with Gasteiger partial charge in [0.2, 0.25) is 0 Å². The Morgan fingerprint density at radius 3 is 1.13 bits per heavy atom. The summed E-state index contributed by atoms with van der Waals surface area (Å²) in [6, 6.07) is 26.7. The van der Waals surface area contributed by atoms with Crippen LogP contribution in [0.4, 0.5) is 34.1 Å². The van der Waals surface area contributed by atoms with Crippen molar-refractivity contribution in [3.63, 3.8) is 0 Å². The summed E-state index contributed by atoms with van der Waals surface area (Å²) in [7, 11) is 0. The van der Waals surface area contributed by atoms with Gasteiger partial charge in [-0.25, -0.2) is 0 Å². The molecule has 0 amide bonds. The van der Waals surface area contributed by atoms with Crippen LogP contribution in [0.3, 0.4) is 0 Å². The molecule has 518 valence electrons. The van der Waals surface area contributed by atoms with Crippen molar-refractivity contribution >= 4 is 55.9 Å². The third-order valence-electron chi connectivity index (χ3n) is 21.3. The summed E-state index contributed by atoms with van der Waals surface area (Å²) in [6.07, 6.45) is 0.453. The maximum Gasteiger partial charge on any atom is 0.0645 e. The van der Waals surface area contributed by atoms with E-state index in [1.807, 2.05) is 125 Å². The normalized spacial score (nSPS) is 17.8. The highest BCUT2D eigenvalue weighted by Gasteiger charge is 2.45. The van der Waals surface area contributed by atoms with Crippen LogP contribution in [0.15, 0.2) is 309 Å². The van der Waals surface area contributed by atoms with Crippen LogP contribution in [0.2, 0.25) is 0 Å². The van der Waals surface area contributed by atoms with Crippen LogP contribution in [-0.2, 0) is 28.1 Å². The first-order chi connectivity index (χ1) is 62.3. The lowest BCUT2D eigenvalue weighted by Gasteiger charge is -2.47. The minimum Gasteiger partial charge on any atom is -0.309 e. The Labute approximate surface area is 664 Å². The van der Waals surface area contributed by atoms with Gasteiger partial charge in [0.15, 0.2) is 0 Å². The minimum absolute atomic E-state index is 0.00319. The average molecular weight is 1400 g/mol. The Bertz CT molecular complexity index is 7350. The lowest BCUT2D eigenvalue weighted by Crippen LogP contribution is -2.31. The summed E-state index contributed by atoms with van der Waals surface area (Å²) in [4.78, 5) is 3.64. The molecule has 0 bridgehead atoms. The second kappa shape index (κ2) is 25.1. The van der Waals surface area contributed by atoms with Crippen molar-refractivity contribution in [3.8, 4) is 61.3 Å². The van der Waals surface area contributed by atoms with Crippen LogP contribution in [-0.4, -0.2) is 4.57 Å². The molecule has 15 aromatic rings. The molecule has 0 fully saturated rings. The smallest absolute Gasteiger partial charge is 0.0645 e. The third kappa shape index (κ3) is 11.2. The van der Waals surface area contributed by atoms with Gasteiger partial charge in [0.05, 0.1) is 82.2 Å². The predicted molar refractivity (Wildman–Crippen MR) is 450 cm³/mol. The van der Waals surface area contributed by atoms with Crippen molar-refractivity contribution < 1.29 is 37.0 Å². The van der Waals surface area contributed by atoms with Crippen molar-refractivity contribution in [2.24, 2.45) is 0 Å². The summed E-state index contributed by atoms with van der Waals surface area (Å²) in [5, 5.41) is -0.526. The van der Waals surface area contributed by atoms with Crippen LogP contribution in [0.25, 0.3) is 83.1 Å². The largest absolute Gasteiger partial charge is 0.309 e. The molecule has 2 aliphatic heterocycles. The maximum absolute atomic E-state index is 10.3. The molecule has 0 saturated carbocycles. The van der Waals surface area contributed by atoms with Crippen molar-refractivity contribution in [1.82, 2.24) is 4.57 Å². The van der Waals surface area contributed by atoms with E-state index in [2.05, 4.69) is 59.7 Å². The van der Waals surface area contributed by atoms with Gasteiger partial charge < -0.3 is 14.4 Å². The highest BCUT2D eigenvalue weighted by Crippen LogP contribution is 2.66. The van der Waals surface area contributed by atoms with Gasteiger partial charge in [0, 0.05) is 56.1 Å². The van der Waals surface area contributed by atoms with Crippen LogP contribution in [0.5, 0.6) is 0 Å².